The lowest BCUT2D eigenvalue weighted by molar-refractivity contribution is 0.499. The van der Waals surface area contributed by atoms with Crippen LogP contribution in [0, 0.1) is 11.7 Å². The molecule has 3 nitrogen and oxygen atoms in total. The number of nitrogens with zero attached hydrogens (tertiary/aromatic N) is 2. The highest BCUT2D eigenvalue weighted by atomic mass is 19.1. The lowest BCUT2D eigenvalue weighted by Crippen LogP contribution is -1.99. The molecule has 0 atom stereocenters. The molecule has 21 heavy (non-hydrogen) atoms. The number of halogens is 1. The van der Waals surface area contributed by atoms with Crippen LogP contribution in [-0.4, -0.2) is 9.78 Å². The number of rotatable bonds is 4. The molecule has 0 radical (unpaired) electrons. The first-order chi connectivity index (χ1) is 10.1. The maximum Gasteiger partial charge on any atom is 0.129 e. The Kier molecular flexibility index (Phi) is 3.95. The lowest BCUT2D eigenvalue weighted by Gasteiger charge is -2.08. The zero-order valence-corrected chi connectivity index (χ0v) is 12.5. The van der Waals surface area contributed by atoms with E-state index in [0.29, 0.717) is 5.82 Å². The molecule has 0 unspecified atom stereocenters. The summed E-state index contributed by atoms with van der Waals surface area (Å²) in [7, 11) is 1.84. The Morgan fingerprint density at radius 2 is 2.10 bits per heavy atom. The first-order valence-electron chi connectivity index (χ1n) is 7.72. The summed E-state index contributed by atoms with van der Waals surface area (Å²) in [5.41, 5.74) is 8.86. The van der Waals surface area contributed by atoms with E-state index in [1.165, 1.54) is 37.8 Å². The molecule has 0 spiro atoms. The Balaban J connectivity index is 1.88. The van der Waals surface area contributed by atoms with Crippen LogP contribution in [0.5, 0.6) is 0 Å². The third-order valence-electron chi connectivity index (χ3n) is 4.54. The van der Waals surface area contributed by atoms with Gasteiger partial charge in [-0.25, -0.2) is 4.39 Å². The van der Waals surface area contributed by atoms with Gasteiger partial charge in [0.1, 0.15) is 11.6 Å². The number of hydrogen-bond donors (Lipinski definition) is 1. The topological polar surface area (TPSA) is 43.8 Å². The van der Waals surface area contributed by atoms with Gasteiger partial charge in [0.2, 0.25) is 0 Å². The minimum Gasteiger partial charge on any atom is -0.383 e. The van der Waals surface area contributed by atoms with Crippen molar-refractivity contribution >= 4 is 5.82 Å². The predicted octanol–water partition coefficient (Wildman–Crippen LogP) is 3.93. The number of nitrogen functional groups attached to an aromatic ring is 1. The summed E-state index contributed by atoms with van der Waals surface area (Å²) in [6.45, 7) is 0. The standard InChI is InChI=1S/C17H22FN3/c1-21-17(19)16(13-7-4-8-14(18)11-13)15(20-21)10-9-12-5-2-3-6-12/h4,7-8,11-12H,2-3,5-6,9-10,19H2,1H3. The average molecular weight is 287 g/mol. The van der Waals surface area contributed by atoms with E-state index < -0.39 is 0 Å². The molecular weight excluding hydrogens is 265 g/mol. The summed E-state index contributed by atoms with van der Waals surface area (Å²) in [6, 6.07) is 6.61. The summed E-state index contributed by atoms with van der Waals surface area (Å²) in [5.74, 6) is 1.19. The van der Waals surface area contributed by atoms with Crippen molar-refractivity contribution in [1.82, 2.24) is 9.78 Å². The van der Waals surface area contributed by atoms with Gasteiger partial charge in [-0.3, -0.25) is 4.68 Å². The lowest BCUT2D eigenvalue weighted by atomic mass is 9.97. The Morgan fingerprint density at radius 3 is 2.81 bits per heavy atom. The van der Waals surface area contributed by atoms with Gasteiger partial charge in [0.15, 0.2) is 0 Å². The van der Waals surface area contributed by atoms with Crippen molar-refractivity contribution in [2.75, 3.05) is 5.73 Å². The quantitative estimate of drug-likeness (QED) is 0.926. The van der Waals surface area contributed by atoms with Gasteiger partial charge in [-0.1, -0.05) is 37.8 Å². The summed E-state index contributed by atoms with van der Waals surface area (Å²) < 4.78 is 15.2. The highest BCUT2D eigenvalue weighted by molar-refractivity contribution is 5.76. The molecule has 1 aromatic carbocycles. The number of nitrogens with two attached hydrogens (primary N) is 1. The predicted molar refractivity (Wildman–Crippen MR) is 83.3 cm³/mol. The zero-order valence-electron chi connectivity index (χ0n) is 12.5. The zero-order chi connectivity index (χ0) is 14.8. The average Bonchev–Trinajstić information content (AvgIpc) is 3.06. The summed E-state index contributed by atoms with van der Waals surface area (Å²) in [4.78, 5) is 0. The molecule has 1 fully saturated rings. The molecule has 1 saturated carbocycles. The molecule has 2 N–H and O–H groups in total. The minimum atomic E-state index is -0.238. The highest BCUT2D eigenvalue weighted by Gasteiger charge is 2.19. The van der Waals surface area contributed by atoms with E-state index in [1.807, 2.05) is 13.1 Å². The Labute approximate surface area is 125 Å². The number of hydrogen-bond acceptors (Lipinski definition) is 2. The van der Waals surface area contributed by atoms with E-state index in [2.05, 4.69) is 5.10 Å². The highest BCUT2D eigenvalue weighted by Crippen LogP contribution is 2.33. The van der Waals surface area contributed by atoms with Crippen LogP contribution in [0.4, 0.5) is 10.2 Å². The maximum atomic E-state index is 13.5. The molecule has 4 heteroatoms. The van der Waals surface area contributed by atoms with E-state index in [1.54, 1.807) is 10.7 Å². The second-order valence-electron chi connectivity index (χ2n) is 6.03. The third-order valence-corrected chi connectivity index (χ3v) is 4.54. The van der Waals surface area contributed by atoms with E-state index >= 15 is 0 Å². The fourth-order valence-corrected chi connectivity index (χ4v) is 3.37. The minimum absolute atomic E-state index is 0.238. The van der Waals surface area contributed by atoms with Crippen LogP contribution in [0.3, 0.4) is 0 Å². The van der Waals surface area contributed by atoms with Crippen molar-refractivity contribution in [3.8, 4) is 11.1 Å². The van der Waals surface area contributed by atoms with Crippen LogP contribution in [0.1, 0.15) is 37.8 Å². The second-order valence-corrected chi connectivity index (χ2v) is 6.03. The number of anilines is 1. The van der Waals surface area contributed by atoms with Gasteiger partial charge in [-0.05, 0) is 36.5 Å². The number of benzene rings is 1. The largest absolute Gasteiger partial charge is 0.383 e. The van der Waals surface area contributed by atoms with Gasteiger partial charge >= 0.3 is 0 Å². The van der Waals surface area contributed by atoms with Gasteiger partial charge in [-0.2, -0.15) is 5.10 Å². The van der Waals surface area contributed by atoms with Gasteiger partial charge in [-0.15, -0.1) is 0 Å². The number of aromatic nitrogens is 2. The maximum absolute atomic E-state index is 13.5. The van der Waals surface area contributed by atoms with Crippen LogP contribution in [0.15, 0.2) is 24.3 Å². The first kappa shape index (κ1) is 14.1. The van der Waals surface area contributed by atoms with Gasteiger partial charge in [0, 0.05) is 12.6 Å². The second kappa shape index (κ2) is 5.88. The summed E-state index contributed by atoms with van der Waals surface area (Å²) in [6.07, 6.45) is 7.44. The van der Waals surface area contributed by atoms with Gasteiger partial charge in [0.25, 0.3) is 0 Å². The SMILES string of the molecule is Cn1nc(CCC2CCCC2)c(-c2cccc(F)c2)c1N. The molecule has 112 valence electrons. The van der Waals surface area contributed by atoms with Crippen molar-refractivity contribution in [2.24, 2.45) is 13.0 Å². The third kappa shape index (κ3) is 2.94. The molecule has 1 aromatic heterocycles. The smallest absolute Gasteiger partial charge is 0.129 e. The van der Waals surface area contributed by atoms with Gasteiger partial charge < -0.3 is 5.73 Å². The molecule has 0 aliphatic heterocycles. The van der Waals surface area contributed by atoms with Crippen molar-refractivity contribution in [3.05, 3.63) is 35.8 Å². The Hall–Kier alpha value is -1.84. The monoisotopic (exact) mass is 287 g/mol. The molecule has 3 rings (SSSR count). The number of aryl methyl sites for hydroxylation is 2. The molecule has 0 saturated heterocycles. The normalized spacial score (nSPS) is 15.7. The van der Waals surface area contributed by atoms with Crippen molar-refractivity contribution < 1.29 is 4.39 Å². The van der Waals surface area contributed by atoms with Crippen LogP contribution < -0.4 is 5.73 Å². The van der Waals surface area contributed by atoms with Crippen LogP contribution in [0.25, 0.3) is 11.1 Å². The molecule has 1 aliphatic rings. The van der Waals surface area contributed by atoms with E-state index in [0.717, 1.165) is 35.6 Å². The van der Waals surface area contributed by atoms with Crippen LogP contribution >= 0.6 is 0 Å². The van der Waals surface area contributed by atoms with Crippen LogP contribution in [-0.2, 0) is 13.5 Å². The molecular formula is C17H22FN3. The molecule has 2 aromatic rings. The van der Waals surface area contributed by atoms with E-state index in [-0.39, 0.29) is 5.82 Å². The van der Waals surface area contributed by atoms with Crippen molar-refractivity contribution in [2.45, 2.75) is 38.5 Å². The van der Waals surface area contributed by atoms with Crippen LogP contribution in [0.2, 0.25) is 0 Å². The summed E-state index contributed by atoms with van der Waals surface area (Å²) in [5, 5.41) is 4.55. The molecule has 1 heterocycles. The fraction of sp³-hybridized carbons (Fsp3) is 0.471. The first-order valence-corrected chi connectivity index (χ1v) is 7.72. The molecule has 0 bridgehead atoms. The van der Waals surface area contributed by atoms with Gasteiger partial charge in [0.05, 0.1) is 5.69 Å². The molecule has 1 aliphatic carbocycles. The Bertz CT molecular complexity index is 627. The fourth-order valence-electron chi connectivity index (χ4n) is 3.37. The molecule has 0 amide bonds. The van der Waals surface area contributed by atoms with Crippen molar-refractivity contribution in [1.29, 1.82) is 0 Å². The van der Waals surface area contributed by atoms with E-state index in [9.17, 15) is 4.39 Å². The Morgan fingerprint density at radius 1 is 1.33 bits per heavy atom. The summed E-state index contributed by atoms with van der Waals surface area (Å²) >= 11 is 0. The van der Waals surface area contributed by atoms with E-state index in [4.69, 9.17) is 5.73 Å². The van der Waals surface area contributed by atoms with Crippen molar-refractivity contribution in [3.63, 3.8) is 0 Å².